The summed E-state index contributed by atoms with van der Waals surface area (Å²) >= 11 is 0. The molecule has 0 bridgehead atoms. The second-order valence-corrected chi connectivity index (χ2v) is 9.95. The van der Waals surface area contributed by atoms with Crippen LogP contribution in [-0.4, -0.2) is 64.7 Å². The number of hydrogen-bond acceptors (Lipinski definition) is 9. The van der Waals surface area contributed by atoms with E-state index in [0.29, 0.717) is 41.2 Å². The van der Waals surface area contributed by atoms with Gasteiger partial charge in [0.15, 0.2) is 0 Å². The molecule has 0 atom stereocenters. The number of piperidine rings is 1. The van der Waals surface area contributed by atoms with Crippen molar-refractivity contribution in [3.05, 3.63) is 73.5 Å². The zero-order chi connectivity index (χ0) is 31.3. The number of carbonyl (C=O) groups excluding carboxylic acids is 1. The monoisotopic (exact) mass is 611 g/mol. The summed E-state index contributed by atoms with van der Waals surface area (Å²) in [7, 11) is 1.56. The van der Waals surface area contributed by atoms with E-state index in [4.69, 9.17) is 9.47 Å². The van der Waals surface area contributed by atoms with Gasteiger partial charge >= 0.3 is 6.18 Å². The summed E-state index contributed by atoms with van der Waals surface area (Å²) in [5, 5.41) is 9.29. The number of methoxy groups -OCH3 is 1. The molecule has 0 radical (unpaired) electrons. The predicted octanol–water partition coefficient (Wildman–Crippen LogP) is 6.27. The van der Waals surface area contributed by atoms with E-state index in [1.54, 1.807) is 18.1 Å². The number of pyridine rings is 1. The minimum absolute atomic E-state index is 0.0343. The summed E-state index contributed by atoms with van der Waals surface area (Å²) in [6.07, 6.45) is 1.02. The Balaban J connectivity index is 1.31. The van der Waals surface area contributed by atoms with Crippen molar-refractivity contribution in [3.8, 4) is 17.2 Å². The molecular formula is C30H29F4N7O3. The molecule has 44 heavy (non-hydrogen) atoms. The molecule has 1 aliphatic rings. The minimum Gasteiger partial charge on any atom is -0.495 e. The van der Waals surface area contributed by atoms with Gasteiger partial charge in [-0.1, -0.05) is 6.58 Å². The third kappa shape index (κ3) is 7.43. The minimum atomic E-state index is -4.41. The molecule has 1 saturated heterocycles. The number of halogens is 4. The average Bonchev–Trinajstić information content (AvgIpc) is 3.01. The quantitative estimate of drug-likeness (QED) is 0.141. The number of fused-ring (bicyclic) bond motifs is 1. The molecule has 3 N–H and O–H groups in total. The summed E-state index contributed by atoms with van der Waals surface area (Å²) < 4.78 is 64.0. The van der Waals surface area contributed by atoms with Crippen LogP contribution in [-0.2, 0) is 4.79 Å². The van der Waals surface area contributed by atoms with Gasteiger partial charge in [0.1, 0.15) is 47.6 Å². The van der Waals surface area contributed by atoms with Gasteiger partial charge in [0.25, 0.3) is 0 Å². The first-order chi connectivity index (χ1) is 21.1. The molecular weight excluding hydrogens is 582 g/mol. The van der Waals surface area contributed by atoms with Crippen molar-refractivity contribution in [3.63, 3.8) is 0 Å². The number of hydrogen-bond donors (Lipinski definition) is 3. The van der Waals surface area contributed by atoms with Crippen molar-refractivity contribution < 1.29 is 31.8 Å². The number of likely N-dealkylation sites (tertiary alicyclic amines) is 1. The maximum atomic E-state index is 15.2. The van der Waals surface area contributed by atoms with Crippen LogP contribution in [0.1, 0.15) is 12.8 Å². The van der Waals surface area contributed by atoms with Gasteiger partial charge in [-0.25, -0.2) is 19.3 Å². The van der Waals surface area contributed by atoms with E-state index in [1.165, 1.54) is 42.9 Å². The fourth-order valence-corrected chi connectivity index (χ4v) is 4.74. The van der Waals surface area contributed by atoms with Gasteiger partial charge in [0.05, 0.1) is 24.0 Å². The van der Waals surface area contributed by atoms with Gasteiger partial charge < -0.3 is 30.3 Å². The van der Waals surface area contributed by atoms with Crippen molar-refractivity contribution >= 4 is 39.8 Å². The number of nitrogens with zero attached hydrogens (tertiary/aromatic N) is 4. The van der Waals surface area contributed by atoms with Crippen LogP contribution in [0.25, 0.3) is 10.9 Å². The number of nitrogens with one attached hydrogen (secondary N) is 3. The van der Waals surface area contributed by atoms with Gasteiger partial charge in [-0.15, -0.1) is 0 Å². The molecule has 14 heteroatoms. The molecule has 4 aromatic rings. The molecule has 0 saturated carbocycles. The molecule has 2 aromatic heterocycles. The second kappa shape index (κ2) is 13.0. The average molecular weight is 612 g/mol. The van der Waals surface area contributed by atoms with E-state index in [2.05, 4.69) is 37.5 Å². The van der Waals surface area contributed by atoms with Crippen LogP contribution in [0.5, 0.6) is 17.2 Å². The molecule has 3 heterocycles. The molecule has 1 fully saturated rings. The van der Waals surface area contributed by atoms with Gasteiger partial charge in [-0.05, 0) is 43.2 Å². The van der Waals surface area contributed by atoms with Crippen molar-refractivity contribution in [2.75, 3.05) is 42.7 Å². The SMILES string of the molecule is C=CC(=O)N1CCC(Nc2cc3c(Nc4ccc(Oc5ccnc(NCC(F)(F)F)c5)cc4F)ncnc3cc2OC)CC1. The number of alkyl halides is 3. The number of benzene rings is 2. The first-order valence-electron chi connectivity index (χ1n) is 13.6. The maximum Gasteiger partial charge on any atom is 0.405 e. The lowest BCUT2D eigenvalue weighted by molar-refractivity contribution is -0.126. The lowest BCUT2D eigenvalue weighted by Gasteiger charge is -2.32. The summed E-state index contributed by atoms with van der Waals surface area (Å²) in [5.74, 6) is 0.472. The molecule has 1 amide bonds. The lowest BCUT2D eigenvalue weighted by atomic mass is 10.0. The van der Waals surface area contributed by atoms with E-state index in [1.807, 2.05) is 6.07 Å². The highest BCUT2D eigenvalue weighted by molar-refractivity contribution is 5.95. The van der Waals surface area contributed by atoms with Crippen molar-refractivity contribution in [1.29, 1.82) is 0 Å². The highest BCUT2D eigenvalue weighted by Crippen LogP contribution is 2.35. The topological polar surface area (TPSA) is 114 Å². The Hall–Kier alpha value is -5.14. The van der Waals surface area contributed by atoms with E-state index >= 15 is 4.39 Å². The number of rotatable bonds is 10. The number of ether oxygens (including phenoxy) is 2. The van der Waals surface area contributed by atoms with E-state index in [9.17, 15) is 18.0 Å². The Kier molecular flexibility index (Phi) is 8.97. The second-order valence-electron chi connectivity index (χ2n) is 9.95. The lowest BCUT2D eigenvalue weighted by Crippen LogP contribution is -2.41. The fraction of sp³-hybridized carbons (Fsp3) is 0.267. The normalized spacial score (nSPS) is 13.8. The Morgan fingerprint density at radius 1 is 1.07 bits per heavy atom. The highest BCUT2D eigenvalue weighted by Gasteiger charge is 2.27. The first kappa shape index (κ1) is 30.3. The third-order valence-corrected chi connectivity index (χ3v) is 6.93. The molecule has 1 aliphatic heterocycles. The summed E-state index contributed by atoms with van der Waals surface area (Å²) in [4.78, 5) is 26.2. The van der Waals surface area contributed by atoms with Crippen molar-refractivity contribution in [1.82, 2.24) is 19.9 Å². The van der Waals surface area contributed by atoms with E-state index in [-0.39, 0.29) is 35.0 Å². The molecule has 0 aliphatic carbocycles. The summed E-state index contributed by atoms with van der Waals surface area (Å²) in [6, 6.07) is 10.5. The van der Waals surface area contributed by atoms with Gasteiger partial charge in [-0.2, -0.15) is 13.2 Å². The van der Waals surface area contributed by atoms with Crippen molar-refractivity contribution in [2.24, 2.45) is 0 Å². The largest absolute Gasteiger partial charge is 0.495 e. The van der Waals surface area contributed by atoms with Crippen LogP contribution in [0.15, 0.2) is 67.6 Å². The van der Waals surface area contributed by atoms with Crippen molar-refractivity contribution in [2.45, 2.75) is 25.1 Å². The molecule has 2 aromatic carbocycles. The van der Waals surface area contributed by atoms with Gasteiger partial charge in [0.2, 0.25) is 5.91 Å². The molecule has 5 rings (SSSR count). The van der Waals surface area contributed by atoms with Crippen LogP contribution >= 0.6 is 0 Å². The standard InChI is InChI=1S/C30H29F4N7O3/c1-3-28(42)41-10-7-18(8-11-41)39-25-14-21-24(15-26(25)43-2)37-17-38-29(21)40-23-5-4-19(12-22(23)31)44-20-6-9-35-27(13-20)36-16-30(32,33)34/h3-6,9,12-15,17-18,39H,1,7-8,10-11,16H2,2H3,(H,35,36)(H,37,38,40). The van der Waals surface area contributed by atoms with Crippen LogP contribution in [0.2, 0.25) is 0 Å². The van der Waals surface area contributed by atoms with Crippen LogP contribution in [0, 0.1) is 5.82 Å². The number of aromatic nitrogens is 3. The number of anilines is 4. The van der Waals surface area contributed by atoms with Crippen LogP contribution < -0.4 is 25.4 Å². The third-order valence-electron chi connectivity index (χ3n) is 6.93. The molecule has 230 valence electrons. The zero-order valence-electron chi connectivity index (χ0n) is 23.6. The van der Waals surface area contributed by atoms with Crippen LogP contribution in [0.3, 0.4) is 0 Å². The number of amides is 1. The fourth-order valence-electron chi connectivity index (χ4n) is 4.74. The molecule has 0 spiro atoms. The van der Waals surface area contributed by atoms with Gasteiger partial charge in [-0.3, -0.25) is 4.79 Å². The Labute approximate surface area is 250 Å². The highest BCUT2D eigenvalue weighted by atomic mass is 19.4. The molecule has 0 unspecified atom stereocenters. The van der Waals surface area contributed by atoms with Gasteiger partial charge in [0, 0.05) is 48.9 Å². The zero-order valence-corrected chi connectivity index (χ0v) is 23.6. The molecule has 10 nitrogen and oxygen atoms in total. The van der Waals surface area contributed by atoms with E-state index < -0.39 is 18.5 Å². The van der Waals surface area contributed by atoms with E-state index in [0.717, 1.165) is 18.9 Å². The Morgan fingerprint density at radius 2 is 1.84 bits per heavy atom. The smallest absolute Gasteiger partial charge is 0.405 e. The summed E-state index contributed by atoms with van der Waals surface area (Å²) in [6.45, 7) is 3.50. The maximum absolute atomic E-state index is 15.2. The summed E-state index contributed by atoms with van der Waals surface area (Å²) in [5.41, 5.74) is 1.39. The first-order valence-corrected chi connectivity index (χ1v) is 13.6. The Bertz CT molecular complexity index is 1660. The Morgan fingerprint density at radius 3 is 2.55 bits per heavy atom. The van der Waals surface area contributed by atoms with Crippen LogP contribution in [0.4, 0.5) is 40.6 Å². The number of carbonyl (C=O) groups is 1. The predicted molar refractivity (Wildman–Crippen MR) is 158 cm³/mol.